The van der Waals surface area contributed by atoms with Crippen LogP contribution in [0.2, 0.25) is 0 Å². The number of aryl methyl sites for hydroxylation is 1. The van der Waals surface area contributed by atoms with Crippen LogP contribution in [0.1, 0.15) is 12.5 Å². The molecule has 0 saturated carbocycles. The third-order valence-electron chi connectivity index (χ3n) is 3.29. The van der Waals surface area contributed by atoms with Gasteiger partial charge in [0.1, 0.15) is 0 Å². The van der Waals surface area contributed by atoms with Gasteiger partial charge in [0.15, 0.2) is 0 Å². The fraction of sp³-hybridized carbons (Fsp3) is 0.571. The summed E-state index contributed by atoms with van der Waals surface area (Å²) in [5.74, 6) is 0. The zero-order valence-electron chi connectivity index (χ0n) is 10.8. The number of hydrogen-bond donors (Lipinski definition) is 1. The number of hydrogen-bond acceptors (Lipinski definition) is 3. The Morgan fingerprint density at radius 3 is 2.24 bits per heavy atom. The van der Waals surface area contributed by atoms with E-state index >= 15 is 0 Å². The van der Waals surface area contributed by atoms with Crippen LogP contribution >= 0.6 is 0 Å². The van der Waals surface area contributed by atoms with E-state index in [0.717, 1.165) is 32.7 Å². The van der Waals surface area contributed by atoms with Gasteiger partial charge in [0.2, 0.25) is 0 Å². The fourth-order valence-electron chi connectivity index (χ4n) is 2.32. The third kappa shape index (κ3) is 3.45. The molecule has 1 aromatic rings. The molecule has 1 N–H and O–H groups in total. The van der Waals surface area contributed by atoms with Gasteiger partial charge in [-0.3, -0.25) is 4.90 Å². The molecule has 0 aliphatic carbocycles. The van der Waals surface area contributed by atoms with Crippen molar-refractivity contribution in [3.63, 3.8) is 0 Å². The number of β-amino-alcohol motifs (C(OH)–C–C–N with tert-alkyl or cyclic N) is 1. The molecule has 1 aliphatic rings. The number of piperazine rings is 1. The molecule has 17 heavy (non-hydrogen) atoms. The normalized spacial score (nSPS) is 19.4. The number of aliphatic hydroxyl groups is 1. The smallest absolute Gasteiger partial charge is 0.0639 e. The molecule has 1 unspecified atom stereocenters. The number of rotatable bonds is 3. The lowest BCUT2D eigenvalue weighted by Gasteiger charge is -2.36. The van der Waals surface area contributed by atoms with Crippen LogP contribution in [0.3, 0.4) is 0 Å². The van der Waals surface area contributed by atoms with Gasteiger partial charge in [-0.2, -0.15) is 0 Å². The molecule has 3 heteroatoms. The van der Waals surface area contributed by atoms with E-state index in [9.17, 15) is 5.11 Å². The number of benzene rings is 1. The minimum absolute atomic E-state index is 0.221. The van der Waals surface area contributed by atoms with Crippen LogP contribution in [0, 0.1) is 6.92 Å². The van der Waals surface area contributed by atoms with E-state index < -0.39 is 0 Å². The molecule has 0 spiro atoms. The zero-order chi connectivity index (χ0) is 12.3. The second-order valence-corrected chi connectivity index (χ2v) is 4.97. The van der Waals surface area contributed by atoms with Crippen molar-refractivity contribution in [1.29, 1.82) is 0 Å². The van der Waals surface area contributed by atoms with Crippen LogP contribution in [0.4, 0.5) is 5.69 Å². The van der Waals surface area contributed by atoms with Crippen molar-refractivity contribution in [3.05, 3.63) is 29.8 Å². The van der Waals surface area contributed by atoms with Crippen LogP contribution < -0.4 is 4.90 Å². The first-order valence-electron chi connectivity index (χ1n) is 6.37. The summed E-state index contributed by atoms with van der Waals surface area (Å²) in [6.45, 7) is 8.95. The molecule has 2 rings (SSSR count). The Kier molecular flexibility index (Phi) is 4.02. The highest BCUT2D eigenvalue weighted by Crippen LogP contribution is 2.17. The van der Waals surface area contributed by atoms with Gasteiger partial charge >= 0.3 is 0 Å². The molecular formula is C14H22N2O. The highest BCUT2D eigenvalue weighted by molar-refractivity contribution is 5.47. The fourth-order valence-corrected chi connectivity index (χ4v) is 2.32. The second-order valence-electron chi connectivity index (χ2n) is 4.97. The quantitative estimate of drug-likeness (QED) is 0.858. The van der Waals surface area contributed by atoms with Crippen LogP contribution in [0.25, 0.3) is 0 Å². The Bertz CT molecular complexity index is 340. The van der Waals surface area contributed by atoms with Crippen LogP contribution in [0.15, 0.2) is 24.3 Å². The Morgan fingerprint density at radius 1 is 1.12 bits per heavy atom. The lowest BCUT2D eigenvalue weighted by atomic mass is 10.2. The molecule has 1 aliphatic heterocycles. The molecule has 0 bridgehead atoms. The Hall–Kier alpha value is -1.06. The standard InChI is InChI=1S/C14H22N2O/c1-12-3-5-14(6-4-12)16-9-7-15(8-10-16)11-13(2)17/h3-6,13,17H,7-11H2,1-2H3. The predicted octanol–water partition coefficient (Wildman–Crippen LogP) is 1.50. The summed E-state index contributed by atoms with van der Waals surface area (Å²) in [7, 11) is 0. The zero-order valence-corrected chi connectivity index (χ0v) is 10.8. The molecule has 1 atom stereocenters. The van der Waals surface area contributed by atoms with Crippen molar-refractivity contribution in [2.24, 2.45) is 0 Å². The molecule has 3 nitrogen and oxygen atoms in total. The van der Waals surface area contributed by atoms with Gasteiger partial charge in [-0.25, -0.2) is 0 Å². The monoisotopic (exact) mass is 234 g/mol. The van der Waals surface area contributed by atoms with Crippen molar-refractivity contribution in [2.75, 3.05) is 37.6 Å². The van der Waals surface area contributed by atoms with E-state index in [1.807, 2.05) is 6.92 Å². The maximum Gasteiger partial charge on any atom is 0.0639 e. The van der Waals surface area contributed by atoms with E-state index in [1.54, 1.807) is 0 Å². The van der Waals surface area contributed by atoms with Gasteiger partial charge in [-0.1, -0.05) is 17.7 Å². The van der Waals surface area contributed by atoms with Gasteiger partial charge in [-0.15, -0.1) is 0 Å². The average molecular weight is 234 g/mol. The van der Waals surface area contributed by atoms with Gasteiger partial charge in [0.25, 0.3) is 0 Å². The van der Waals surface area contributed by atoms with Crippen molar-refractivity contribution in [3.8, 4) is 0 Å². The largest absolute Gasteiger partial charge is 0.392 e. The van der Waals surface area contributed by atoms with E-state index in [0.29, 0.717) is 0 Å². The molecule has 1 aromatic carbocycles. The average Bonchev–Trinajstić information content (AvgIpc) is 2.30. The van der Waals surface area contributed by atoms with Crippen molar-refractivity contribution in [1.82, 2.24) is 4.90 Å². The molecule has 0 aromatic heterocycles. The summed E-state index contributed by atoms with van der Waals surface area (Å²) in [6.07, 6.45) is -0.221. The highest BCUT2D eigenvalue weighted by atomic mass is 16.3. The van der Waals surface area contributed by atoms with E-state index in [2.05, 4.69) is 41.0 Å². The number of nitrogens with zero attached hydrogens (tertiary/aromatic N) is 2. The predicted molar refractivity (Wildman–Crippen MR) is 71.5 cm³/mol. The SMILES string of the molecule is Cc1ccc(N2CCN(CC(C)O)CC2)cc1. The maximum absolute atomic E-state index is 9.36. The molecule has 0 radical (unpaired) electrons. The minimum atomic E-state index is -0.221. The summed E-state index contributed by atoms with van der Waals surface area (Å²) in [6, 6.07) is 8.72. The summed E-state index contributed by atoms with van der Waals surface area (Å²) in [5, 5.41) is 9.36. The number of aliphatic hydroxyl groups excluding tert-OH is 1. The van der Waals surface area contributed by atoms with Crippen LogP contribution in [-0.2, 0) is 0 Å². The summed E-state index contributed by atoms with van der Waals surface area (Å²) >= 11 is 0. The Balaban J connectivity index is 1.88. The van der Waals surface area contributed by atoms with E-state index in [4.69, 9.17) is 0 Å². The molecule has 94 valence electrons. The first kappa shape index (κ1) is 12.4. The maximum atomic E-state index is 9.36. The molecule has 1 heterocycles. The summed E-state index contributed by atoms with van der Waals surface area (Å²) in [4.78, 5) is 4.74. The van der Waals surface area contributed by atoms with E-state index in [-0.39, 0.29) is 6.10 Å². The summed E-state index contributed by atoms with van der Waals surface area (Å²) in [5.41, 5.74) is 2.62. The van der Waals surface area contributed by atoms with Crippen LogP contribution in [-0.4, -0.2) is 48.8 Å². The molecule has 1 fully saturated rings. The van der Waals surface area contributed by atoms with Gasteiger partial charge in [0.05, 0.1) is 6.10 Å². The van der Waals surface area contributed by atoms with Crippen molar-refractivity contribution < 1.29 is 5.11 Å². The van der Waals surface area contributed by atoms with Gasteiger partial charge in [-0.05, 0) is 26.0 Å². The Labute approximate surface area is 104 Å². The van der Waals surface area contributed by atoms with Crippen molar-refractivity contribution in [2.45, 2.75) is 20.0 Å². The molecular weight excluding hydrogens is 212 g/mol. The lowest BCUT2D eigenvalue weighted by Crippen LogP contribution is -2.48. The second kappa shape index (κ2) is 5.52. The Morgan fingerprint density at radius 2 is 1.71 bits per heavy atom. The van der Waals surface area contributed by atoms with Gasteiger partial charge < -0.3 is 10.0 Å². The topological polar surface area (TPSA) is 26.7 Å². The van der Waals surface area contributed by atoms with Gasteiger partial charge in [0, 0.05) is 38.4 Å². The van der Waals surface area contributed by atoms with Crippen molar-refractivity contribution >= 4 is 5.69 Å². The van der Waals surface area contributed by atoms with E-state index in [1.165, 1.54) is 11.3 Å². The first-order chi connectivity index (χ1) is 8.15. The first-order valence-corrected chi connectivity index (χ1v) is 6.37. The molecule has 0 amide bonds. The minimum Gasteiger partial charge on any atom is -0.392 e. The lowest BCUT2D eigenvalue weighted by molar-refractivity contribution is 0.123. The highest BCUT2D eigenvalue weighted by Gasteiger charge is 2.17. The number of anilines is 1. The molecule has 1 saturated heterocycles. The third-order valence-corrected chi connectivity index (χ3v) is 3.29. The van der Waals surface area contributed by atoms with Crippen LogP contribution in [0.5, 0.6) is 0 Å². The summed E-state index contributed by atoms with van der Waals surface area (Å²) < 4.78 is 0.